The SMILES string of the molecule is COc1ccc(C(F)(F)F)cc1-c1ccc2c(c1COC(=O)c1ccc(C)s1)C(C)=CC(C)(C)N2. The maximum Gasteiger partial charge on any atom is 0.416 e. The van der Waals surface area contributed by atoms with Crippen molar-refractivity contribution in [1.82, 2.24) is 0 Å². The van der Waals surface area contributed by atoms with Crippen LogP contribution in [0.25, 0.3) is 16.7 Å². The summed E-state index contributed by atoms with van der Waals surface area (Å²) in [4.78, 5) is 14.2. The van der Waals surface area contributed by atoms with E-state index in [-0.39, 0.29) is 17.7 Å². The van der Waals surface area contributed by atoms with Gasteiger partial charge in [-0.2, -0.15) is 13.2 Å². The molecule has 0 unspecified atom stereocenters. The Hall–Kier alpha value is -3.26. The summed E-state index contributed by atoms with van der Waals surface area (Å²) in [5.74, 6) is -0.182. The summed E-state index contributed by atoms with van der Waals surface area (Å²) < 4.78 is 51.8. The lowest BCUT2D eigenvalue weighted by molar-refractivity contribution is -0.137. The molecule has 1 N–H and O–H groups in total. The van der Waals surface area contributed by atoms with Crippen molar-refractivity contribution in [2.45, 2.75) is 46.0 Å². The number of aryl methyl sites for hydroxylation is 1. The minimum atomic E-state index is -4.51. The quantitative estimate of drug-likeness (QED) is 0.364. The number of alkyl halides is 3. The smallest absolute Gasteiger partial charge is 0.416 e. The molecule has 2 aromatic carbocycles. The second-order valence-corrected chi connectivity index (χ2v) is 10.4. The highest BCUT2D eigenvalue weighted by Crippen LogP contribution is 2.44. The largest absolute Gasteiger partial charge is 0.496 e. The Morgan fingerprint density at radius 2 is 1.80 bits per heavy atom. The molecule has 0 amide bonds. The number of hydrogen-bond acceptors (Lipinski definition) is 5. The van der Waals surface area contributed by atoms with Gasteiger partial charge in [-0.05, 0) is 75.2 Å². The second kappa shape index (κ2) is 9.07. The molecule has 0 atom stereocenters. The first-order chi connectivity index (χ1) is 16.4. The highest BCUT2D eigenvalue weighted by atomic mass is 32.1. The zero-order valence-electron chi connectivity index (χ0n) is 20.1. The Morgan fingerprint density at radius 3 is 2.43 bits per heavy atom. The molecule has 4 nitrogen and oxygen atoms in total. The number of methoxy groups -OCH3 is 1. The third-order valence-electron chi connectivity index (χ3n) is 5.85. The molecule has 1 aliphatic rings. The van der Waals surface area contributed by atoms with E-state index in [1.165, 1.54) is 24.5 Å². The Labute approximate surface area is 206 Å². The molecule has 0 saturated heterocycles. The van der Waals surface area contributed by atoms with E-state index < -0.39 is 17.7 Å². The molecule has 0 aliphatic carbocycles. The summed E-state index contributed by atoms with van der Waals surface area (Å²) in [5.41, 5.74) is 2.87. The number of esters is 1. The first-order valence-electron chi connectivity index (χ1n) is 11.0. The summed E-state index contributed by atoms with van der Waals surface area (Å²) in [6.07, 6.45) is -2.46. The lowest BCUT2D eigenvalue weighted by Crippen LogP contribution is -2.32. The predicted molar refractivity (Wildman–Crippen MR) is 133 cm³/mol. The number of fused-ring (bicyclic) bond motifs is 1. The average Bonchev–Trinajstić information content (AvgIpc) is 3.21. The lowest BCUT2D eigenvalue weighted by Gasteiger charge is -2.33. The fourth-order valence-electron chi connectivity index (χ4n) is 4.45. The van der Waals surface area contributed by atoms with Gasteiger partial charge in [-0.25, -0.2) is 4.79 Å². The lowest BCUT2D eigenvalue weighted by atomic mass is 9.85. The second-order valence-electron chi connectivity index (χ2n) is 9.09. The molecule has 0 bridgehead atoms. The minimum absolute atomic E-state index is 0.110. The van der Waals surface area contributed by atoms with Crippen LogP contribution < -0.4 is 10.1 Å². The number of allylic oxidation sites excluding steroid dienone is 1. The van der Waals surface area contributed by atoms with Gasteiger partial charge in [-0.15, -0.1) is 11.3 Å². The van der Waals surface area contributed by atoms with Crippen molar-refractivity contribution >= 4 is 28.6 Å². The van der Waals surface area contributed by atoms with Crippen LogP contribution in [0.1, 0.15) is 52.0 Å². The van der Waals surface area contributed by atoms with E-state index in [1.807, 2.05) is 39.8 Å². The maximum atomic E-state index is 13.6. The molecule has 0 spiro atoms. The van der Waals surface area contributed by atoms with Crippen LogP contribution in [0, 0.1) is 6.92 Å². The summed E-state index contributed by atoms with van der Waals surface area (Å²) in [6, 6.07) is 10.5. The Morgan fingerprint density at radius 1 is 1.06 bits per heavy atom. The fraction of sp³-hybridized carbons (Fsp3) is 0.296. The topological polar surface area (TPSA) is 47.6 Å². The molecule has 3 aromatic rings. The van der Waals surface area contributed by atoms with Crippen molar-refractivity contribution < 1.29 is 27.4 Å². The van der Waals surface area contributed by atoms with Crippen LogP contribution in [0.3, 0.4) is 0 Å². The van der Waals surface area contributed by atoms with Crippen molar-refractivity contribution in [3.05, 3.63) is 75.0 Å². The van der Waals surface area contributed by atoms with Crippen molar-refractivity contribution in [1.29, 1.82) is 0 Å². The van der Waals surface area contributed by atoms with E-state index in [0.29, 0.717) is 21.8 Å². The Bertz CT molecular complexity index is 1320. The number of hydrogen-bond donors (Lipinski definition) is 1. The van der Waals surface area contributed by atoms with Crippen molar-refractivity contribution in [2.75, 3.05) is 12.4 Å². The van der Waals surface area contributed by atoms with Gasteiger partial charge < -0.3 is 14.8 Å². The van der Waals surface area contributed by atoms with Crippen molar-refractivity contribution in [3.63, 3.8) is 0 Å². The molecular weight excluding hydrogens is 475 g/mol. The average molecular weight is 502 g/mol. The van der Waals surface area contributed by atoms with Crippen LogP contribution in [0.15, 0.2) is 48.5 Å². The van der Waals surface area contributed by atoms with E-state index in [2.05, 4.69) is 11.4 Å². The molecule has 8 heteroatoms. The van der Waals surface area contributed by atoms with Crippen LogP contribution in [0.2, 0.25) is 0 Å². The van der Waals surface area contributed by atoms with Gasteiger partial charge in [0.05, 0.1) is 18.2 Å². The zero-order chi connectivity index (χ0) is 25.5. The van der Waals surface area contributed by atoms with E-state index in [0.717, 1.165) is 33.8 Å². The Kier molecular flexibility index (Phi) is 6.44. The Balaban J connectivity index is 1.87. The molecule has 184 valence electrons. The van der Waals surface area contributed by atoms with Gasteiger partial charge in [-0.3, -0.25) is 0 Å². The van der Waals surface area contributed by atoms with Crippen molar-refractivity contribution in [2.24, 2.45) is 0 Å². The first kappa shape index (κ1) is 24.9. The summed E-state index contributed by atoms with van der Waals surface area (Å²) in [5, 5.41) is 3.45. The van der Waals surface area contributed by atoms with Crippen molar-refractivity contribution in [3.8, 4) is 16.9 Å². The maximum absolute atomic E-state index is 13.6. The van der Waals surface area contributed by atoms with E-state index in [9.17, 15) is 18.0 Å². The third-order valence-corrected chi connectivity index (χ3v) is 6.83. The predicted octanol–water partition coefficient (Wildman–Crippen LogP) is 7.72. The summed E-state index contributed by atoms with van der Waals surface area (Å²) >= 11 is 1.33. The molecule has 4 rings (SSSR count). The number of carbonyl (C=O) groups is 1. The number of nitrogens with one attached hydrogen (secondary N) is 1. The van der Waals surface area contributed by atoms with Gasteiger partial charge in [0, 0.05) is 27.3 Å². The molecule has 2 heterocycles. The van der Waals surface area contributed by atoms with Gasteiger partial charge in [0.25, 0.3) is 0 Å². The zero-order valence-corrected chi connectivity index (χ0v) is 20.9. The standard InChI is InChI=1S/C27H26F3NO3S/c1-15-13-26(3,4)31-21-9-8-18(19-12-17(27(28,29)30)7-10-22(19)33-5)20(24(15)21)14-34-25(32)23-11-6-16(2)35-23/h6-13,31H,14H2,1-5H3. The molecule has 0 fully saturated rings. The number of carbonyl (C=O) groups excluding carboxylic acids is 1. The van der Waals surface area contributed by atoms with Crippen LogP contribution in [0.4, 0.5) is 18.9 Å². The molecule has 0 radical (unpaired) electrons. The third kappa shape index (κ3) is 5.07. The molecule has 1 aromatic heterocycles. The van der Waals surface area contributed by atoms with Gasteiger partial charge in [0.15, 0.2) is 0 Å². The molecule has 1 aliphatic heterocycles. The number of benzene rings is 2. The molecule has 0 saturated carbocycles. The number of anilines is 1. The van der Waals surface area contributed by atoms with Gasteiger partial charge in [0.1, 0.15) is 17.2 Å². The highest BCUT2D eigenvalue weighted by Gasteiger charge is 2.32. The van der Waals surface area contributed by atoms with Gasteiger partial charge in [-0.1, -0.05) is 12.1 Å². The minimum Gasteiger partial charge on any atom is -0.496 e. The van der Waals surface area contributed by atoms with Crippen LogP contribution >= 0.6 is 11.3 Å². The molecular formula is C27H26F3NO3S. The van der Waals surface area contributed by atoms with E-state index >= 15 is 0 Å². The number of rotatable bonds is 5. The van der Waals surface area contributed by atoms with E-state index in [4.69, 9.17) is 9.47 Å². The van der Waals surface area contributed by atoms with Crippen LogP contribution in [0.5, 0.6) is 5.75 Å². The first-order valence-corrected chi connectivity index (χ1v) is 11.8. The number of halogens is 3. The van der Waals surface area contributed by atoms with Crippen LogP contribution in [-0.4, -0.2) is 18.6 Å². The number of ether oxygens (including phenoxy) is 2. The number of thiophene rings is 1. The van der Waals surface area contributed by atoms with Gasteiger partial charge >= 0.3 is 12.1 Å². The van der Waals surface area contributed by atoms with Gasteiger partial charge in [0.2, 0.25) is 0 Å². The fourth-order valence-corrected chi connectivity index (χ4v) is 5.21. The monoisotopic (exact) mass is 501 g/mol. The summed E-state index contributed by atoms with van der Waals surface area (Å²) in [7, 11) is 1.42. The molecule has 35 heavy (non-hydrogen) atoms. The normalized spacial score (nSPS) is 14.6. The highest BCUT2D eigenvalue weighted by molar-refractivity contribution is 7.13. The summed E-state index contributed by atoms with van der Waals surface area (Å²) in [6.45, 7) is 7.79. The van der Waals surface area contributed by atoms with Crippen LogP contribution in [-0.2, 0) is 17.5 Å². The van der Waals surface area contributed by atoms with E-state index in [1.54, 1.807) is 12.1 Å².